The quantitative estimate of drug-likeness (QED) is 0.581. The van der Waals surface area contributed by atoms with E-state index in [4.69, 9.17) is 0 Å². The lowest BCUT2D eigenvalue weighted by Gasteiger charge is -2.16. The van der Waals surface area contributed by atoms with Crippen LogP contribution in [0.4, 0.5) is 0 Å². The minimum absolute atomic E-state index is 0.132. The standard InChI is InChI=1S/C19H18O3/c1-2-16(20)17(21)13-18(22)19(14-9-5-3-6-10-14)15-11-7-4-8-12-15/h3-12,19H,2,13H2,1H3. The van der Waals surface area contributed by atoms with Crippen LogP contribution in [0.3, 0.4) is 0 Å². The lowest BCUT2D eigenvalue weighted by atomic mass is 9.85. The summed E-state index contributed by atoms with van der Waals surface area (Å²) in [6, 6.07) is 18.6. The first-order valence-electron chi connectivity index (χ1n) is 7.32. The van der Waals surface area contributed by atoms with Crippen LogP contribution < -0.4 is 0 Å². The first-order valence-corrected chi connectivity index (χ1v) is 7.32. The molecule has 0 saturated carbocycles. The maximum absolute atomic E-state index is 12.6. The van der Waals surface area contributed by atoms with Crippen LogP contribution in [0.25, 0.3) is 0 Å². The molecule has 2 rings (SSSR count). The van der Waals surface area contributed by atoms with Crippen molar-refractivity contribution in [1.82, 2.24) is 0 Å². The lowest BCUT2D eigenvalue weighted by molar-refractivity contribution is -0.138. The molecule has 0 aliphatic rings. The van der Waals surface area contributed by atoms with Crippen LogP contribution in [-0.4, -0.2) is 17.3 Å². The number of benzene rings is 2. The molecule has 0 aliphatic heterocycles. The van der Waals surface area contributed by atoms with Gasteiger partial charge in [-0.25, -0.2) is 0 Å². The van der Waals surface area contributed by atoms with Crippen LogP contribution >= 0.6 is 0 Å². The fourth-order valence-electron chi connectivity index (χ4n) is 2.41. The first kappa shape index (κ1) is 15.8. The summed E-state index contributed by atoms with van der Waals surface area (Å²) in [6.45, 7) is 1.62. The smallest absolute Gasteiger partial charge is 0.205 e. The summed E-state index contributed by atoms with van der Waals surface area (Å²) in [5.74, 6) is -1.86. The molecule has 2 aromatic carbocycles. The van der Waals surface area contributed by atoms with E-state index in [1.165, 1.54) is 0 Å². The molecule has 0 fully saturated rings. The van der Waals surface area contributed by atoms with Gasteiger partial charge in [-0.3, -0.25) is 14.4 Å². The van der Waals surface area contributed by atoms with E-state index in [9.17, 15) is 14.4 Å². The van der Waals surface area contributed by atoms with Gasteiger partial charge in [0, 0.05) is 6.42 Å². The molecule has 0 unspecified atom stereocenters. The van der Waals surface area contributed by atoms with Gasteiger partial charge in [0.2, 0.25) is 5.78 Å². The molecule has 0 radical (unpaired) electrons. The summed E-state index contributed by atoms with van der Waals surface area (Å²) >= 11 is 0. The van der Waals surface area contributed by atoms with Gasteiger partial charge in [-0.2, -0.15) is 0 Å². The fourth-order valence-corrected chi connectivity index (χ4v) is 2.41. The van der Waals surface area contributed by atoms with Crippen LogP contribution in [-0.2, 0) is 14.4 Å². The van der Waals surface area contributed by atoms with Gasteiger partial charge >= 0.3 is 0 Å². The highest BCUT2D eigenvalue weighted by atomic mass is 16.2. The first-order chi connectivity index (χ1) is 10.6. The van der Waals surface area contributed by atoms with Crippen LogP contribution in [0, 0.1) is 0 Å². The van der Waals surface area contributed by atoms with Crippen molar-refractivity contribution in [3.63, 3.8) is 0 Å². The van der Waals surface area contributed by atoms with E-state index in [1.807, 2.05) is 60.7 Å². The second-order valence-corrected chi connectivity index (χ2v) is 5.10. The van der Waals surface area contributed by atoms with Crippen LogP contribution in [0.5, 0.6) is 0 Å². The lowest BCUT2D eigenvalue weighted by Crippen LogP contribution is -2.22. The molecule has 22 heavy (non-hydrogen) atoms. The van der Waals surface area contributed by atoms with Crippen molar-refractivity contribution >= 4 is 17.3 Å². The number of rotatable bonds is 7. The number of hydrogen-bond acceptors (Lipinski definition) is 3. The van der Waals surface area contributed by atoms with Gasteiger partial charge in [-0.05, 0) is 11.1 Å². The van der Waals surface area contributed by atoms with Crippen molar-refractivity contribution in [3.05, 3.63) is 71.8 Å². The predicted octanol–water partition coefficient (Wildman–Crippen LogP) is 3.33. The second-order valence-electron chi connectivity index (χ2n) is 5.10. The molecular formula is C19H18O3. The molecule has 0 spiro atoms. The highest BCUT2D eigenvalue weighted by molar-refractivity contribution is 6.40. The Morgan fingerprint density at radius 3 is 1.64 bits per heavy atom. The van der Waals surface area contributed by atoms with E-state index >= 15 is 0 Å². The largest absolute Gasteiger partial charge is 0.298 e. The summed E-state index contributed by atoms with van der Waals surface area (Å²) in [6.07, 6.45) is -0.214. The molecule has 112 valence electrons. The van der Waals surface area contributed by atoms with Crippen molar-refractivity contribution in [2.75, 3.05) is 0 Å². The summed E-state index contributed by atoms with van der Waals surface area (Å²) in [5, 5.41) is 0. The number of ketones is 3. The third-order valence-electron chi connectivity index (χ3n) is 3.55. The van der Waals surface area contributed by atoms with E-state index < -0.39 is 17.5 Å². The maximum Gasteiger partial charge on any atom is 0.205 e. The molecule has 3 heteroatoms. The second kappa shape index (κ2) is 7.46. The Labute approximate surface area is 130 Å². The monoisotopic (exact) mass is 294 g/mol. The van der Waals surface area contributed by atoms with Gasteiger partial charge in [0.15, 0.2) is 11.6 Å². The van der Waals surface area contributed by atoms with Crippen molar-refractivity contribution in [2.24, 2.45) is 0 Å². The molecule has 0 bridgehead atoms. The fraction of sp³-hybridized carbons (Fsp3) is 0.211. The zero-order chi connectivity index (χ0) is 15.9. The average Bonchev–Trinajstić information content (AvgIpc) is 2.56. The van der Waals surface area contributed by atoms with Crippen molar-refractivity contribution < 1.29 is 14.4 Å². The van der Waals surface area contributed by atoms with E-state index in [-0.39, 0.29) is 18.6 Å². The van der Waals surface area contributed by atoms with Crippen LogP contribution in [0.15, 0.2) is 60.7 Å². The minimum atomic E-state index is -0.607. The normalized spacial score (nSPS) is 10.5. The Kier molecular flexibility index (Phi) is 5.37. The summed E-state index contributed by atoms with van der Waals surface area (Å²) in [5.41, 5.74) is 1.66. The topological polar surface area (TPSA) is 51.2 Å². The maximum atomic E-state index is 12.6. The third kappa shape index (κ3) is 3.76. The highest BCUT2D eigenvalue weighted by Gasteiger charge is 2.26. The Morgan fingerprint density at radius 2 is 1.23 bits per heavy atom. The molecule has 0 atom stereocenters. The Morgan fingerprint density at radius 1 is 0.773 bits per heavy atom. The summed E-state index contributed by atoms with van der Waals surface area (Å²) < 4.78 is 0. The Bertz CT molecular complexity index is 620. The zero-order valence-corrected chi connectivity index (χ0v) is 12.5. The van der Waals surface area contributed by atoms with Crippen molar-refractivity contribution in [3.8, 4) is 0 Å². The van der Waals surface area contributed by atoms with E-state index in [0.29, 0.717) is 0 Å². The van der Waals surface area contributed by atoms with Crippen LogP contribution in [0.2, 0.25) is 0 Å². The predicted molar refractivity (Wildman–Crippen MR) is 84.7 cm³/mol. The Balaban J connectivity index is 2.31. The van der Waals surface area contributed by atoms with Gasteiger partial charge in [0.25, 0.3) is 0 Å². The number of carbonyl (C=O) groups is 3. The molecule has 0 heterocycles. The van der Waals surface area contributed by atoms with E-state index in [0.717, 1.165) is 11.1 Å². The SMILES string of the molecule is CCC(=O)C(=O)CC(=O)C(c1ccccc1)c1ccccc1. The van der Waals surface area contributed by atoms with Gasteiger partial charge < -0.3 is 0 Å². The van der Waals surface area contributed by atoms with Gasteiger partial charge in [-0.15, -0.1) is 0 Å². The molecule has 0 amide bonds. The summed E-state index contributed by atoms with van der Waals surface area (Å²) in [4.78, 5) is 35.8. The molecular weight excluding hydrogens is 276 g/mol. The molecule has 0 aromatic heterocycles. The molecule has 2 aromatic rings. The highest BCUT2D eigenvalue weighted by Crippen LogP contribution is 2.26. The number of hydrogen-bond donors (Lipinski definition) is 0. The van der Waals surface area contributed by atoms with E-state index in [1.54, 1.807) is 6.92 Å². The minimum Gasteiger partial charge on any atom is -0.298 e. The zero-order valence-electron chi connectivity index (χ0n) is 12.5. The summed E-state index contributed by atoms with van der Waals surface area (Å²) in [7, 11) is 0. The van der Waals surface area contributed by atoms with Gasteiger partial charge in [-0.1, -0.05) is 67.6 Å². The van der Waals surface area contributed by atoms with Crippen LogP contribution in [0.1, 0.15) is 36.8 Å². The van der Waals surface area contributed by atoms with E-state index in [2.05, 4.69) is 0 Å². The number of carbonyl (C=O) groups excluding carboxylic acids is 3. The third-order valence-corrected chi connectivity index (χ3v) is 3.55. The Hall–Kier alpha value is -2.55. The molecule has 0 N–H and O–H groups in total. The van der Waals surface area contributed by atoms with Gasteiger partial charge in [0.05, 0.1) is 12.3 Å². The molecule has 0 aliphatic carbocycles. The number of Topliss-reactive ketones (excluding diaryl/α,β-unsaturated/α-hetero) is 3. The van der Waals surface area contributed by atoms with Crippen molar-refractivity contribution in [2.45, 2.75) is 25.7 Å². The van der Waals surface area contributed by atoms with Gasteiger partial charge in [0.1, 0.15) is 0 Å². The molecule has 0 saturated heterocycles. The molecule has 3 nitrogen and oxygen atoms in total. The van der Waals surface area contributed by atoms with Crippen molar-refractivity contribution in [1.29, 1.82) is 0 Å². The average molecular weight is 294 g/mol.